The van der Waals surface area contributed by atoms with Gasteiger partial charge in [-0.15, -0.1) is 0 Å². The predicted molar refractivity (Wildman–Crippen MR) is 98.4 cm³/mol. The Balaban J connectivity index is 1.45. The second-order valence-corrected chi connectivity index (χ2v) is 7.82. The van der Waals surface area contributed by atoms with Gasteiger partial charge < -0.3 is 9.80 Å². The van der Waals surface area contributed by atoms with Gasteiger partial charge >= 0.3 is 0 Å². The third-order valence-electron chi connectivity index (χ3n) is 5.38. The molecular formula is C16H23IN6. The Morgan fingerprint density at radius 1 is 1.04 bits per heavy atom. The molecule has 0 aromatic carbocycles. The van der Waals surface area contributed by atoms with E-state index in [0.29, 0.717) is 6.04 Å². The molecule has 2 aliphatic heterocycles. The molecule has 0 spiro atoms. The first-order valence-corrected chi connectivity index (χ1v) is 9.56. The summed E-state index contributed by atoms with van der Waals surface area (Å²) in [7, 11) is 2.23. The number of aromatic nitrogens is 4. The lowest BCUT2D eigenvalue weighted by molar-refractivity contribution is 0.0858. The van der Waals surface area contributed by atoms with Crippen molar-refractivity contribution in [1.29, 1.82) is 0 Å². The van der Waals surface area contributed by atoms with Crippen LogP contribution in [0.25, 0.3) is 11.0 Å². The zero-order valence-corrected chi connectivity index (χ0v) is 15.7. The van der Waals surface area contributed by atoms with Crippen LogP contribution in [-0.2, 0) is 0 Å². The van der Waals surface area contributed by atoms with Crippen LogP contribution in [0.15, 0.2) is 12.5 Å². The maximum Gasteiger partial charge on any atom is 0.162 e. The van der Waals surface area contributed by atoms with Crippen molar-refractivity contribution in [2.24, 2.45) is 0 Å². The summed E-state index contributed by atoms with van der Waals surface area (Å²) in [5.74, 6) is 0. The molecule has 2 aliphatic rings. The van der Waals surface area contributed by atoms with E-state index in [-0.39, 0.29) is 0 Å². The molecule has 0 aliphatic carbocycles. The average Bonchev–Trinajstić information content (AvgIpc) is 2.93. The second-order valence-electron chi connectivity index (χ2n) is 6.80. The van der Waals surface area contributed by atoms with Crippen molar-refractivity contribution in [3.63, 3.8) is 0 Å². The average molecular weight is 426 g/mol. The molecule has 0 N–H and O–H groups in total. The predicted octanol–water partition coefficient (Wildman–Crippen LogP) is 2.16. The molecule has 2 saturated heterocycles. The van der Waals surface area contributed by atoms with E-state index in [1.165, 1.54) is 51.9 Å². The van der Waals surface area contributed by atoms with Crippen LogP contribution in [0.5, 0.6) is 0 Å². The van der Waals surface area contributed by atoms with Gasteiger partial charge in [0.05, 0.1) is 11.4 Å². The summed E-state index contributed by atoms with van der Waals surface area (Å²) in [6, 6.07) is 1.25. The van der Waals surface area contributed by atoms with Gasteiger partial charge in [0.25, 0.3) is 0 Å². The standard InChI is InChI=1S/C16H23IN6/c1-21-6-2-12(3-7-21)22-8-4-13(5-9-22)23-16-14(15(17)20-23)10-18-11-19-16/h10-13H,2-9H2,1H3. The fraction of sp³-hybridized carbons (Fsp3) is 0.688. The lowest BCUT2D eigenvalue weighted by Crippen LogP contribution is -2.47. The summed E-state index contributed by atoms with van der Waals surface area (Å²) in [5, 5.41) is 5.81. The maximum absolute atomic E-state index is 4.74. The van der Waals surface area contributed by atoms with E-state index in [2.05, 4.69) is 54.1 Å². The van der Waals surface area contributed by atoms with Crippen molar-refractivity contribution >= 4 is 33.6 Å². The molecule has 0 unspecified atom stereocenters. The highest BCUT2D eigenvalue weighted by molar-refractivity contribution is 14.1. The lowest BCUT2D eigenvalue weighted by atomic mass is 9.98. The van der Waals surface area contributed by atoms with Gasteiger partial charge in [-0.05, 0) is 68.4 Å². The van der Waals surface area contributed by atoms with Crippen molar-refractivity contribution < 1.29 is 0 Å². The number of fused-ring (bicyclic) bond motifs is 1. The largest absolute Gasteiger partial charge is 0.306 e. The SMILES string of the molecule is CN1CCC(N2CCC(n3nc(I)c4cncnc43)CC2)CC1. The Morgan fingerprint density at radius 3 is 2.48 bits per heavy atom. The summed E-state index contributed by atoms with van der Waals surface area (Å²) in [5.41, 5.74) is 0.988. The Labute approximate surface area is 150 Å². The van der Waals surface area contributed by atoms with Gasteiger partial charge in [-0.2, -0.15) is 5.10 Å². The second kappa shape index (κ2) is 6.60. The number of likely N-dealkylation sites (tertiary alicyclic amines) is 2. The normalized spacial score (nSPS) is 22.9. The van der Waals surface area contributed by atoms with E-state index in [9.17, 15) is 0 Å². The topological polar surface area (TPSA) is 50.1 Å². The molecule has 2 aromatic rings. The van der Waals surface area contributed by atoms with Gasteiger partial charge in [0.1, 0.15) is 10.0 Å². The van der Waals surface area contributed by atoms with Crippen LogP contribution in [0.1, 0.15) is 31.7 Å². The molecule has 0 amide bonds. The molecular weight excluding hydrogens is 403 g/mol. The molecule has 124 valence electrons. The Kier molecular flexibility index (Phi) is 4.51. The Hall–Kier alpha value is -0.800. The van der Waals surface area contributed by atoms with Crippen LogP contribution < -0.4 is 0 Å². The molecule has 7 heteroatoms. The highest BCUT2D eigenvalue weighted by Gasteiger charge is 2.29. The van der Waals surface area contributed by atoms with Crippen LogP contribution in [-0.4, -0.2) is 68.8 Å². The molecule has 6 nitrogen and oxygen atoms in total. The Morgan fingerprint density at radius 2 is 1.74 bits per heavy atom. The molecule has 0 atom stereocenters. The first-order valence-electron chi connectivity index (χ1n) is 8.48. The molecule has 2 aromatic heterocycles. The third kappa shape index (κ3) is 3.10. The number of hydrogen-bond acceptors (Lipinski definition) is 5. The third-order valence-corrected chi connectivity index (χ3v) is 6.17. The van der Waals surface area contributed by atoms with E-state index in [4.69, 9.17) is 5.10 Å². The molecule has 4 rings (SSSR count). The van der Waals surface area contributed by atoms with Gasteiger partial charge in [0, 0.05) is 25.3 Å². The van der Waals surface area contributed by atoms with Crippen molar-refractivity contribution in [2.75, 3.05) is 33.2 Å². The highest BCUT2D eigenvalue weighted by Crippen LogP contribution is 2.29. The van der Waals surface area contributed by atoms with Gasteiger partial charge in [-0.25, -0.2) is 14.6 Å². The van der Waals surface area contributed by atoms with E-state index in [1.807, 2.05) is 6.20 Å². The minimum Gasteiger partial charge on any atom is -0.306 e. The molecule has 0 saturated carbocycles. The van der Waals surface area contributed by atoms with Crippen molar-refractivity contribution in [2.45, 2.75) is 37.8 Å². The number of hydrogen-bond donors (Lipinski definition) is 0. The first kappa shape index (κ1) is 15.7. The first-order chi connectivity index (χ1) is 11.2. The van der Waals surface area contributed by atoms with Crippen LogP contribution >= 0.6 is 22.6 Å². The van der Waals surface area contributed by atoms with E-state index >= 15 is 0 Å². The van der Waals surface area contributed by atoms with E-state index < -0.39 is 0 Å². The van der Waals surface area contributed by atoms with Gasteiger partial charge in [0.2, 0.25) is 0 Å². The van der Waals surface area contributed by atoms with E-state index in [0.717, 1.165) is 20.8 Å². The lowest BCUT2D eigenvalue weighted by Gasteiger charge is -2.41. The molecule has 2 fully saturated rings. The smallest absolute Gasteiger partial charge is 0.162 e. The fourth-order valence-electron chi connectivity index (χ4n) is 3.96. The maximum atomic E-state index is 4.74. The molecule has 23 heavy (non-hydrogen) atoms. The number of halogens is 1. The minimum atomic E-state index is 0.471. The van der Waals surface area contributed by atoms with E-state index in [1.54, 1.807) is 6.33 Å². The van der Waals surface area contributed by atoms with Crippen molar-refractivity contribution in [3.8, 4) is 0 Å². The van der Waals surface area contributed by atoms with Crippen LogP contribution in [0, 0.1) is 3.70 Å². The molecule has 0 bridgehead atoms. The number of piperidine rings is 2. The summed E-state index contributed by atoms with van der Waals surface area (Å²) < 4.78 is 3.15. The fourth-order valence-corrected chi connectivity index (χ4v) is 4.57. The quantitative estimate of drug-likeness (QED) is 0.690. The number of nitrogens with zero attached hydrogens (tertiary/aromatic N) is 6. The van der Waals surface area contributed by atoms with Crippen molar-refractivity contribution in [3.05, 3.63) is 16.2 Å². The van der Waals surface area contributed by atoms with Gasteiger partial charge in [0.15, 0.2) is 5.65 Å². The van der Waals surface area contributed by atoms with Gasteiger partial charge in [-0.3, -0.25) is 0 Å². The molecule has 0 radical (unpaired) electrons. The van der Waals surface area contributed by atoms with Gasteiger partial charge in [-0.1, -0.05) is 0 Å². The number of rotatable bonds is 2. The summed E-state index contributed by atoms with van der Waals surface area (Å²) >= 11 is 2.29. The zero-order chi connectivity index (χ0) is 15.8. The monoisotopic (exact) mass is 426 g/mol. The summed E-state index contributed by atoms with van der Waals surface area (Å²) in [6.45, 7) is 4.84. The minimum absolute atomic E-state index is 0.471. The Bertz CT molecular complexity index is 670. The molecule has 4 heterocycles. The van der Waals surface area contributed by atoms with Crippen LogP contribution in [0.2, 0.25) is 0 Å². The highest BCUT2D eigenvalue weighted by atomic mass is 127. The zero-order valence-electron chi connectivity index (χ0n) is 13.5. The van der Waals surface area contributed by atoms with Crippen LogP contribution in [0.3, 0.4) is 0 Å². The summed E-state index contributed by atoms with van der Waals surface area (Å²) in [6.07, 6.45) is 8.48. The van der Waals surface area contributed by atoms with Crippen LogP contribution in [0.4, 0.5) is 0 Å². The summed E-state index contributed by atoms with van der Waals surface area (Å²) in [4.78, 5) is 13.7. The van der Waals surface area contributed by atoms with Crippen molar-refractivity contribution in [1.82, 2.24) is 29.5 Å².